The molecule has 1 aliphatic rings. The van der Waals surface area contributed by atoms with Crippen molar-refractivity contribution >= 4 is 0 Å². The average molecular weight is 238 g/mol. The quantitative estimate of drug-likeness (QED) is 0.745. The normalized spacial score (nSPS) is 20.2. The van der Waals surface area contributed by atoms with Crippen molar-refractivity contribution in [1.29, 1.82) is 0 Å². The van der Waals surface area contributed by atoms with Gasteiger partial charge < -0.3 is 5.73 Å². The molecule has 0 amide bonds. The Morgan fingerprint density at radius 2 is 2.12 bits per heavy atom. The molecule has 0 radical (unpaired) electrons. The van der Waals surface area contributed by atoms with E-state index in [0.717, 1.165) is 13.1 Å². The van der Waals surface area contributed by atoms with Gasteiger partial charge in [0.05, 0.1) is 0 Å². The van der Waals surface area contributed by atoms with Crippen molar-refractivity contribution in [2.75, 3.05) is 19.6 Å². The highest BCUT2D eigenvalue weighted by Crippen LogP contribution is 2.29. The third kappa shape index (κ3) is 5.22. The van der Waals surface area contributed by atoms with Crippen molar-refractivity contribution in [3.05, 3.63) is 11.6 Å². The Morgan fingerprint density at radius 1 is 1.41 bits per heavy atom. The van der Waals surface area contributed by atoms with Gasteiger partial charge in [-0.05, 0) is 18.3 Å². The lowest BCUT2D eigenvalue weighted by atomic mass is 9.83. The number of nitrogens with zero attached hydrogens (tertiary/aromatic N) is 1. The number of hydrogen-bond donors (Lipinski definition) is 1. The summed E-state index contributed by atoms with van der Waals surface area (Å²) in [5.74, 6) is 0. The highest BCUT2D eigenvalue weighted by atomic mass is 15.1. The van der Waals surface area contributed by atoms with E-state index in [9.17, 15) is 0 Å². The molecule has 2 nitrogen and oxygen atoms in total. The van der Waals surface area contributed by atoms with E-state index in [1.807, 2.05) is 0 Å². The maximum absolute atomic E-state index is 6.15. The van der Waals surface area contributed by atoms with Gasteiger partial charge in [0, 0.05) is 25.7 Å². The Labute approximate surface area is 107 Å². The molecule has 0 bridgehead atoms. The highest BCUT2D eigenvalue weighted by Gasteiger charge is 2.21. The van der Waals surface area contributed by atoms with Gasteiger partial charge in [-0.1, -0.05) is 52.2 Å². The fourth-order valence-electron chi connectivity index (χ4n) is 2.45. The van der Waals surface area contributed by atoms with Crippen molar-refractivity contribution in [3.63, 3.8) is 0 Å². The van der Waals surface area contributed by atoms with Gasteiger partial charge in [0.1, 0.15) is 0 Å². The van der Waals surface area contributed by atoms with Crippen molar-refractivity contribution in [3.8, 4) is 0 Å². The highest BCUT2D eigenvalue weighted by molar-refractivity contribution is 5.14. The largest absolute Gasteiger partial charge is 0.327 e. The van der Waals surface area contributed by atoms with E-state index in [0.29, 0.717) is 11.5 Å². The molecule has 0 spiro atoms. The lowest BCUT2D eigenvalue weighted by Gasteiger charge is -2.33. The van der Waals surface area contributed by atoms with Crippen LogP contribution in [-0.2, 0) is 0 Å². The molecule has 1 rings (SSSR count). The van der Waals surface area contributed by atoms with Crippen molar-refractivity contribution in [1.82, 2.24) is 4.90 Å². The zero-order valence-electron chi connectivity index (χ0n) is 12.1. The standard InChI is InChI=1S/C15H30N2/c1-5-6-7-14(16)12-17-10-8-13(9-11-17)15(2,3)4/h8,14H,5-7,9-12,16H2,1-4H3. The molecular weight excluding hydrogens is 208 g/mol. The van der Waals surface area contributed by atoms with Crippen LogP contribution in [0.25, 0.3) is 0 Å². The first-order valence-corrected chi connectivity index (χ1v) is 7.11. The van der Waals surface area contributed by atoms with Crippen LogP contribution in [0.2, 0.25) is 0 Å². The monoisotopic (exact) mass is 238 g/mol. The van der Waals surface area contributed by atoms with Gasteiger partial charge in [0.15, 0.2) is 0 Å². The minimum absolute atomic E-state index is 0.344. The summed E-state index contributed by atoms with van der Waals surface area (Å²) in [6.07, 6.45) is 7.31. The van der Waals surface area contributed by atoms with Crippen LogP contribution in [-0.4, -0.2) is 30.6 Å². The van der Waals surface area contributed by atoms with Crippen LogP contribution in [0.3, 0.4) is 0 Å². The van der Waals surface area contributed by atoms with Gasteiger partial charge in [0.2, 0.25) is 0 Å². The van der Waals surface area contributed by atoms with Gasteiger partial charge >= 0.3 is 0 Å². The van der Waals surface area contributed by atoms with Crippen LogP contribution < -0.4 is 5.73 Å². The van der Waals surface area contributed by atoms with E-state index >= 15 is 0 Å². The topological polar surface area (TPSA) is 29.3 Å². The summed E-state index contributed by atoms with van der Waals surface area (Å²) in [5, 5.41) is 0. The third-order valence-electron chi connectivity index (χ3n) is 3.68. The molecule has 0 aliphatic carbocycles. The second kappa shape index (κ2) is 6.55. The fraction of sp³-hybridized carbons (Fsp3) is 0.867. The summed E-state index contributed by atoms with van der Waals surface area (Å²) >= 11 is 0. The second-order valence-corrected chi connectivity index (χ2v) is 6.39. The van der Waals surface area contributed by atoms with Crippen LogP contribution in [0.4, 0.5) is 0 Å². The molecule has 1 atom stereocenters. The zero-order valence-corrected chi connectivity index (χ0v) is 12.1. The SMILES string of the molecule is CCCCC(N)CN1CC=C(C(C)(C)C)CC1. The molecule has 0 aromatic carbocycles. The van der Waals surface area contributed by atoms with E-state index < -0.39 is 0 Å². The number of hydrogen-bond acceptors (Lipinski definition) is 2. The van der Waals surface area contributed by atoms with Gasteiger partial charge in [-0.25, -0.2) is 0 Å². The van der Waals surface area contributed by atoms with E-state index in [-0.39, 0.29) is 0 Å². The first-order valence-electron chi connectivity index (χ1n) is 7.11. The molecule has 100 valence electrons. The third-order valence-corrected chi connectivity index (χ3v) is 3.68. The Balaban J connectivity index is 2.34. The lowest BCUT2D eigenvalue weighted by Crippen LogP contribution is -2.40. The summed E-state index contributed by atoms with van der Waals surface area (Å²) < 4.78 is 0. The summed E-state index contributed by atoms with van der Waals surface area (Å²) in [5.41, 5.74) is 8.10. The summed E-state index contributed by atoms with van der Waals surface area (Å²) in [7, 11) is 0. The van der Waals surface area contributed by atoms with Crippen LogP contribution >= 0.6 is 0 Å². The second-order valence-electron chi connectivity index (χ2n) is 6.39. The molecule has 17 heavy (non-hydrogen) atoms. The molecule has 0 saturated carbocycles. The molecule has 0 aromatic rings. The maximum Gasteiger partial charge on any atom is 0.0167 e. The Bertz CT molecular complexity index is 250. The first kappa shape index (κ1) is 14.7. The van der Waals surface area contributed by atoms with Crippen LogP contribution in [0.15, 0.2) is 11.6 Å². The fourth-order valence-corrected chi connectivity index (χ4v) is 2.45. The minimum atomic E-state index is 0.344. The molecule has 1 unspecified atom stereocenters. The number of rotatable bonds is 5. The summed E-state index contributed by atoms with van der Waals surface area (Å²) in [6.45, 7) is 12.5. The minimum Gasteiger partial charge on any atom is -0.327 e. The zero-order chi connectivity index (χ0) is 12.9. The predicted octanol–water partition coefficient (Wildman–Crippen LogP) is 3.18. The Hall–Kier alpha value is -0.340. The molecule has 0 aromatic heterocycles. The smallest absolute Gasteiger partial charge is 0.0167 e. The van der Waals surface area contributed by atoms with E-state index in [2.05, 4.69) is 38.7 Å². The van der Waals surface area contributed by atoms with Gasteiger partial charge in [-0.2, -0.15) is 0 Å². The van der Waals surface area contributed by atoms with Crippen molar-refractivity contribution in [2.24, 2.45) is 11.1 Å². The van der Waals surface area contributed by atoms with Crippen LogP contribution in [0.1, 0.15) is 53.4 Å². The first-order chi connectivity index (χ1) is 7.93. The summed E-state index contributed by atoms with van der Waals surface area (Å²) in [4.78, 5) is 2.50. The van der Waals surface area contributed by atoms with Crippen LogP contribution in [0.5, 0.6) is 0 Å². The predicted molar refractivity (Wildman–Crippen MR) is 76.1 cm³/mol. The van der Waals surface area contributed by atoms with Gasteiger partial charge in [-0.3, -0.25) is 4.90 Å². The lowest BCUT2D eigenvalue weighted by molar-refractivity contribution is 0.257. The average Bonchev–Trinajstić information content (AvgIpc) is 2.26. The van der Waals surface area contributed by atoms with E-state index in [1.165, 1.54) is 32.2 Å². The van der Waals surface area contributed by atoms with Crippen molar-refractivity contribution < 1.29 is 0 Å². The molecule has 2 heteroatoms. The molecule has 0 fully saturated rings. The molecule has 0 saturated heterocycles. The summed E-state index contributed by atoms with van der Waals surface area (Å²) in [6, 6.07) is 0.361. The molecule has 2 N–H and O–H groups in total. The van der Waals surface area contributed by atoms with Crippen LogP contribution in [0, 0.1) is 5.41 Å². The van der Waals surface area contributed by atoms with E-state index in [4.69, 9.17) is 5.73 Å². The maximum atomic E-state index is 6.15. The number of unbranched alkanes of at least 4 members (excludes halogenated alkanes) is 1. The molecule has 1 heterocycles. The van der Waals surface area contributed by atoms with Crippen molar-refractivity contribution in [2.45, 2.75) is 59.4 Å². The van der Waals surface area contributed by atoms with E-state index in [1.54, 1.807) is 5.57 Å². The molecular formula is C15H30N2. The number of nitrogens with two attached hydrogens (primary N) is 1. The Kier molecular flexibility index (Phi) is 5.68. The van der Waals surface area contributed by atoms with Gasteiger partial charge in [-0.15, -0.1) is 0 Å². The Morgan fingerprint density at radius 3 is 2.59 bits per heavy atom. The molecule has 1 aliphatic heterocycles. The van der Waals surface area contributed by atoms with Gasteiger partial charge in [0.25, 0.3) is 0 Å².